The largest absolute Gasteiger partial charge is 0.380 e. The summed E-state index contributed by atoms with van der Waals surface area (Å²) in [7, 11) is 0. The molecule has 1 N–H and O–H groups in total. The van der Waals surface area contributed by atoms with Crippen LogP contribution in [0, 0.1) is 5.41 Å². The van der Waals surface area contributed by atoms with Crippen molar-refractivity contribution < 1.29 is 9.53 Å². The molecule has 2 aliphatic rings. The first-order chi connectivity index (χ1) is 8.69. The molecule has 1 unspecified atom stereocenters. The van der Waals surface area contributed by atoms with E-state index in [1.807, 2.05) is 11.5 Å². The lowest BCUT2D eigenvalue weighted by Crippen LogP contribution is -2.41. The van der Waals surface area contributed by atoms with Crippen LogP contribution in [0.5, 0.6) is 0 Å². The van der Waals surface area contributed by atoms with Gasteiger partial charge in [0.15, 0.2) is 0 Å². The number of nitrogens with one attached hydrogen (secondary N) is 1. The Labute approximate surface area is 106 Å². The Morgan fingerprint density at radius 3 is 3.11 bits per heavy atom. The second-order valence-corrected chi connectivity index (χ2v) is 5.46. The monoisotopic (exact) mass is 250 g/mol. The molecule has 2 heterocycles. The minimum atomic E-state index is -0.446. The molecular formula is C12H18N4O2. The zero-order valence-electron chi connectivity index (χ0n) is 10.6. The van der Waals surface area contributed by atoms with Gasteiger partial charge in [-0.15, -0.1) is 10.2 Å². The van der Waals surface area contributed by atoms with Crippen LogP contribution in [-0.4, -0.2) is 33.9 Å². The van der Waals surface area contributed by atoms with Gasteiger partial charge < -0.3 is 4.74 Å². The van der Waals surface area contributed by atoms with Gasteiger partial charge in [-0.2, -0.15) is 0 Å². The fourth-order valence-electron chi connectivity index (χ4n) is 2.32. The van der Waals surface area contributed by atoms with Crippen LogP contribution in [0.1, 0.15) is 38.6 Å². The maximum atomic E-state index is 12.3. The maximum absolute atomic E-state index is 12.3. The highest BCUT2D eigenvalue weighted by atomic mass is 16.5. The number of hydrogen-bond donors (Lipinski definition) is 1. The Hall–Kier alpha value is -1.43. The average Bonchev–Trinajstić information content (AvgIpc) is 3.11. The third kappa shape index (κ3) is 2.12. The molecule has 0 radical (unpaired) electrons. The fraction of sp³-hybridized carbons (Fsp3) is 0.750. The summed E-state index contributed by atoms with van der Waals surface area (Å²) in [5, 5.41) is 10.7. The molecule has 2 fully saturated rings. The SMILES string of the molecule is CC1(C(=O)Nc2nncn2C2CC2)CCCOC1. The van der Waals surface area contributed by atoms with Gasteiger partial charge in [0, 0.05) is 12.6 Å². The van der Waals surface area contributed by atoms with Gasteiger partial charge in [0.2, 0.25) is 11.9 Å². The molecule has 6 nitrogen and oxygen atoms in total. The van der Waals surface area contributed by atoms with E-state index in [1.165, 1.54) is 0 Å². The number of amides is 1. The van der Waals surface area contributed by atoms with Crippen LogP contribution in [0.15, 0.2) is 6.33 Å². The van der Waals surface area contributed by atoms with Crippen molar-refractivity contribution in [1.29, 1.82) is 0 Å². The third-order valence-electron chi connectivity index (χ3n) is 3.72. The van der Waals surface area contributed by atoms with Crippen LogP contribution in [-0.2, 0) is 9.53 Å². The number of aromatic nitrogens is 3. The first kappa shape index (κ1) is 11.6. The molecule has 1 aromatic rings. The first-order valence-electron chi connectivity index (χ1n) is 6.48. The molecule has 1 aliphatic carbocycles. The van der Waals surface area contributed by atoms with Crippen molar-refractivity contribution in [2.75, 3.05) is 18.5 Å². The zero-order valence-corrected chi connectivity index (χ0v) is 10.6. The van der Waals surface area contributed by atoms with E-state index in [-0.39, 0.29) is 5.91 Å². The molecule has 6 heteroatoms. The number of carbonyl (C=O) groups is 1. The van der Waals surface area contributed by atoms with Crippen LogP contribution < -0.4 is 5.32 Å². The van der Waals surface area contributed by atoms with Crippen molar-refractivity contribution in [2.45, 2.75) is 38.6 Å². The second-order valence-electron chi connectivity index (χ2n) is 5.46. The number of anilines is 1. The summed E-state index contributed by atoms with van der Waals surface area (Å²) in [4.78, 5) is 12.3. The molecule has 0 spiro atoms. The summed E-state index contributed by atoms with van der Waals surface area (Å²) in [6.45, 7) is 3.18. The lowest BCUT2D eigenvalue weighted by atomic mass is 9.84. The highest BCUT2D eigenvalue weighted by molar-refractivity contribution is 5.93. The van der Waals surface area contributed by atoms with Gasteiger partial charge in [-0.25, -0.2) is 0 Å². The number of nitrogens with zero attached hydrogens (tertiary/aromatic N) is 3. The third-order valence-corrected chi connectivity index (χ3v) is 3.72. The minimum absolute atomic E-state index is 0.0166. The molecule has 0 aromatic carbocycles. The van der Waals surface area contributed by atoms with Crippen molar-refractivity contribution in [1.82, 2.24) is 14.8 Å². The summed E-state index contributed by atoms with van der Waals surface area (Å²) in [5.74, 6) is 0.548. The second kappa shape index (κ2) is 4.35. The average molecular weight is 250 g/mol. The molecule has 3 rings (SSSR count). The van der Waals surface area contributed by atoms with E-state index in [0.29, 0.717) is 18.6 Å². The smallest absolute Gasteiger partial charge is 0.234 e. The fourth-order valence-corrected chi connectivity index (χ4v) is 2.32. The molecule has 0 bridgehead atoms. The Morgan fingerprint density at radius 1 is 1.61 bits per heavy atom. The van der Waals surface area contributed by atoms with E-state index in [0.717, 1.165) is 32.3 Å². The van der Waals surface area contributed by atoms with Crippen LogP contribution >= 0.6 is 0 Å². The van der Waals surface area contributed by atoms with Crippen molar-refractivity contribution in [3.8, 4) is 0 Å². The van der Waals surface area contributed by atoms with E-state index in [4.69, 9.17) is 4.74 Å². The number of carbonyl (C=O) groups excluding carboxylic acids is 1. The Bertz CT molecular complexity index is 447. The van der Waals surface area contributed by atoms with Gasteiger partial charge in [0.25, 0.3) is 0 Å². The maximum Gasteiger partial charge on any atom is 0.234 e. The molecule has 1 saturated carbocycles. The van der Waals surface area contributed by atoms with Crippen molar-refractivity contribution in [2.24, 2.45) is 5.41 Å². The predicted molar refractivity (Wildman–Crippen MR) is 65.1 cm³/mol. The van der Waals surface area contributed by atoms with Crippen molar-refractivity contribution >= 4 is 11.9 Å². The first-order valence-corrected chi connectivity index (χ1v) is 6.48. The Balaban J connectivity index is 1.71. The van der Waals surface area contributed by atoms with Crippen LogP contribution in [0.2, 0.25) is 0 Å². The van der Waals surface area contributed by atoms with Crippen LogP contribution in [0.3, 0.4) is 0 Å². The summed E-state index contributed by atoms with van der Waals surface area (Å²) in [5.41, 5.74) is -0.446. The quantitative estimate of drug-likeness (QED) is 0.879. The normalized spacial score (nSPS) is 28.1. The van der Waals surface area contributed by atoms with Gasteiger partial charge in [-0.3, -0.25) is 14.7 Å². The van der Waals surface area contributed by atoms with E-state index in [9.17, 15) is 4.79 Å². The summed E-state index contributed by atoms with van der Waals surface area (Å²) < 4.78 is 7.36. The van der Waals surface area contributed by atoms with Crippen molar-refractivity contribution in [3.05, 3.63) is 6.33 Å². The standard InChI is InChI=1S/C12H18N4O2/c1-12(5-2-6-18-7-12)10(17)14-11-15-13-8-16(11)9-3-4-9/h8-9H,2-7H2,1H3,(H,14,15,17). The van der Waals surface area contributed by atoms with Gasteiger partial charge in [0.05, 0.1) is 12.0 Å². The predicted octanol–water partition coefficient (Wildman–Crippen LogP) is 1.37. The molecule has 98 valence electrons. The van der Waals surface area contributed by atoms with Crippen molar-refractivity contribution in [3.63, 3.8) is 0 Å². The Morgan fingerprint density at radius 2 is 2.44 bits per heavy atom. The highest BCUT2D eigenvalue weighted by Crippen LogP contribution is 2.37. The lowest BCUT2D eigenvalue weighted by Gasteiger charge is -2.31. The number of ether oxygens (including phenoxy) is 1. The molecule has 1 saturated heterocycles. The van der Waals surface area contributed by atoms with E-state index >= 15 is 0 Å². The molecular weight excluding hydrogens is 232 g/mol. The molecule has 1 atom stereocenters. The van der Waals surface area contributed by atoms with E-state index in [2.05, 4.69) is 15.5 Å². The highest BCUT2D eigenvalue weighted by Gasteiger charge is 2.37. The van der Waals surface area contributed by atoms with Gasteiger partial charge in [0.1, 0.15) is 6.33 Å². The van der Waals surface area contributed by atoms with Crippen LogP contribution in [0.4, 0.5) is 5.95 Å². The Kier molecular flexibility index (Phi) is 2.81. The minimum Gasteiger partial charge on any atom is -0.380 e. The zero-order chi connectivity index (χ0) is 12.6. The summed E-state index contributed by atoms with van der Waals surface area (Å²) in [6.07, 6.45) is 5.76. The molecule has 1 aliphatic heterocycles. The summed E-state index contributed by atoms with van der Waals surface area (Å²) >= 11 is 0. The topological polar surface area (TPSA) is 69.0 Å². The van der Waals surface area contributed by atoms with Crippen LogP contribution in [0.25, 0.3) is 0 Å². The van der Waals surface area contributed by atoms with Gasteiger partial charge in [-0.1, -0.05) is 0 Å². The van der Waals surface area contributed by atoms with Gasteiger partial charge in [-0.05, 0) is 32.6 Å². The van der Waals surface area contributed by atoms with Gasteiger partial charge >= 0.3 is 0 Å². The van der Waals surface area contributed by atoms with E-state index in [1.54, 1.807) is 6.33 Å². The number of hydrogen-bond acceptors (Lipinski definition) is 4. The lowest BCUT2D eigenvalue weighted by molar-refractivity contribution is -0.131. The molecule has 1 aromatic heterocycles. The number of rotatable bonds is 3. The van der Waals surface area contributed by atoms with E-state index < -0.39 is 5.41 Å². The molecule has 1 amide bonds. The summed E-state index contributed by atoms with van der Waals surface area (Å²) in [6, 6.07) is 0.464. The molecule has 18 heavy (non-hydrogen) atoms.